The van der Waals surface area contributed by atoms with Gasteiger partial charge in [-0.2, -0.15) is 0 Å². The lowest BCUT2D eigenvalue weighted by Crippen LogP contribution is -2.52. The van der Waals surface area contributed by atoms with E-state index >= 15 is 0 Å². The minimum atomic E-state index is -0.140. The van der Waals surface area contributed by atoms with Crippen molar-refractivity contribution in [2.75, 3.05) is 50.8 Å². The van der Waals surface area contributed by atoms with Crippen LogP contribution in [0.1, 0.15) is 26.7 Å². The molecule has 1 heterocycles. The van der Waals surface area contributed by atoms with Crippen molar-refractivity contribution in [1.82, 2.24) is 10.2 Å². The van der Waals surface area contributed by atoms with Gasteiger partial charge in [0.05, 0.1) is 6.61 Å². The summed E-state index contributed by atoms with van der Waals surface area (Å²) in [5.74, 6) is 0.804. The van der Waals surface area contributed by atoms with E-state index in [1.807, 2.05) is 13.0 Å². The van der Waals surface area contributed by atoms with Crippen molar-refractivity contribution in [1.29, 1.82) is 0 Å². The van der Waals surface area contributed by atoms with Crippen LogP contribution in [0.15, 0.2) is 35.3 Å². The number of guanidine groups is 1. The van der Waals surface area contributed by atoms with Gasteiger partial charge in [-0.05, 0) is 32.4 Å². The maximum Gasteiger partial charge on any atom is 0.305 e. The number of hydrogen-bond acceptors (Lipinski definition) is 4. The minimum absolute atomic E-state index is 0.140. The Morgan fingerprint density at radius 1 is 1.16 bits per heavy atom. The van der Waals surface area contributed by atoms with Crippen molar-refractivity contribution in [2.24, 2.45) is 4.99 Å². The van der Waals surface area contributed by atoms with Gasteiger partial charge in [-0.3, -0.25) is 9.79 Å². The molecule has 0 bridgehead atoms. The molecule has 1 aliphatic rings. The number of rotatable bonds is 7. The summed E-state index contributed by atoms with van der Waals surface area (Å²) < 4.78 is 4.95. The lowest BCUT2D eigenvalue weighted by Gasteiger charge is -2.37. The molecule has 2 rings (SSSR count). The average molecular weight is 346 g/mol. The van der Waals surface area contributed by atoms with Crippen LogP contribution in [-0.4, -0.2) is 62.7 Å². The topological polar surface area (TPSA) is 57.2 Å². The molecule has 6 nitrogen and oxygen atoms in total. The predicted octanol–water partition coefficient (Wildman–Crippen LogP) is 2.12. The van der Waals surface area contributed by atoms with Gasteiger partial charge in [0.15, 0.2) is 5.96 Å². The summed E-state index contributed by atoms with van der Waals surface area (Å²) >= 11 is 0. The van der Waals surface area contributed by atoms with E-state index in [4.69, 9.17) is 4.74 Å². The van der Waals surface area contributed by atoms with Gasteiger partial charge in [-0.15, -0.1) is 0 Å². The quantitative estimate of drug-likeness (QED) is 0.355. The Hall–Kier alpha value is -2.24. The van der Waals surface area contributed by atoms with Crippen LogP contribution in [0.2, 0.25) is 0 Å². The number of piperazine rings is 1. The van der Waals surface area contributed by atoms with Crippen molar-refractivity contribution in [3.05, 3.63) is 30.3 Å². The van der Waals surface area contributed by atoms with E-state index in [0.29, 0.717) is 19.6 Å². The minimum Gasteiger partial charge on any atom is -0.466 e. The van der Waals surface area contributed by atoms with Crippen LogP contribution < -0.4 is 10.2 Å². The SMILES string of the molecule is CCNC(=NCCCC(=O)OCC)N1CCN(c2ccccc2)CC1. The van der Waals surface area contributed by atoms with Gasteiger partial charge in [-0.1, -0.05) is 18.2 Å². The van der Waals surface area contributed by atoms with Gasteiger partial charge < -0.3 is 19.9 Å². The number of esters is 1. The van der Waals surface area contributed by atoms with Crippen molar-refractivity contribution in [3.63, 3.8) is 0 Å². The molecule has 1 aliphatic heterocycles. The molecule has 0 amide bonds. The van der Waals surface area contributed by atoms with Gasteiger partial charge >= 0.3 is 5.97 Å². The molecule has 0 spiro atoms. The number of benzene rings is 1. The number of hydrogen-bond donors (Lipinski definition) is 1. The number of carbonyl (C=O) groups is 1. The Bertz CT molecular complexity index is 540. The largest absolute Gasteiger partial charge is 0.466 e. The Labute approximate surface area is 150 Å². The third-order valence-corrected chi connectivity index (χ3v) is 4.14. The van der Waals surface area contributed by atoms with E-state index in [0.717, 1.165) is 45.1 Å². The van der Waals surface area contributed by atoms with Crippen molar-refractivity contribution >= 4 is 17.6 Å². The zero-order valence-corrected chi connectivity index (χ0v) is 15.4. The number of ether oxygens (including phenoxy) is 1. The molecule has 1 aromatic carbocycles. The van der Waals surface area contributed by atoms with Crippen LogP contribution in [-0.2, 0) is 9.53 Å². The Balaban J connectivity index is 1.82. The summed E-state index contributed by atoms with van der Waals surface area (Å²) in [4.78, 5) is 20.8. The lowest BCUT2D eigenvalue weighted by molar-refractivity contribution is -0.143. The summed E-state index contributed by atoms with van der Waals surface area (Å²) in [5, 5.41) is 3.36. The number of anilines is 1. The second-order valence-corrected chi connectivity index (χ2v) is 5.95. The van der Waals surface area contributed by atoms with Crippen LogP contribution in [0.4, 0.5) is 5.69 Å². The molecular formula is C19H30N4O2. The Kier molecular flexibility index (Phi) is 8.09. The van der Waals surface area contributed by atoms with Gasteiger partial charge in [0, 0.05) is 51.4 Å². The summed E-state index contributed by atoms with van der Waals surface area (Å²) in [5.41, 5.74) is 1.28. The summed E-state index contributed by atoms with van der Waals surface area (Å²) in [6.07, 6.45) is 1.15. The zero-order chi connectivity index (χ0) is 17.9. The number of nitrogens with zero attached hydrogens (tertiary/aromatic N) is 3. The van der Waals surface area contributed by atoms with Crippen LogP contribution in [0.3, 0.4) is 0 Å². The highest BCUT2D eigenvalue weighted by Crippen LogP contribution is 2.15. The fourth-order valence-corrected chi connectivity index (χ4v) is 2.88. The van der Waals surface area contributed by atoms with Crippen LogP contribution in [0.5, 0.6) is 0 Å². The molecule has 0 unspecified atom stereocenters. The highest BCUT2D eigenvalue weighted by molar-refractivity contribution is 5.80. The fraction of sp³-hybridized carbons (Fsp3) is 0.579. The molecular weight excluding hydrogens is 316 g/mol. The van der Waals surface area contributed by atoms with E-state index < -0.39 is 0 Å². The molecule has 0 radical (unpaired) electrons. The molecule has 6 heteroatoms. The molecule has 0 aliphatic carbocycles. The molecule has 0 aromatic heterocycles. The first-order chi connectivity index (χ1) is 12.2. The highest BCUT2D eigenvalue weighted by atomic mass is 16.5. The molecule has 0 saturated carbocycles. The maximum absolute atomic E-state index is 11.4. The number of nitrogens with one attached hydrogen (secondary N) is 1. The van der Waals surface area contributed by atoms with Gasteiger partial charge in [0.25, 0.3) is 0 Å². The first kappa shape index (κ1) is 19.1. The van der Waals surface area contributed by atoms with Gasteiger partial charge in [0.1, 0.15) is 0 Å². The van der Waals surface area contributed by atoms with E-state index in [1.165, 1.54) is 5.69 Å². The molecule has 1 N–H and O–H groups in total. The van der Waals surface area contributed by atoms with Crippen LogP contribution >= 0.6 is 0 Å². The molecule has 138 valence electrons. The first-order valence-electron chi connectivity index (χ1n) is 9.23. The third-order valence-electron chi connectivity index (χ3n) is 4.14. The zero-order valence-electron chi connectivity index (χ0n) is 15.4. The van der Waals surface area contributed by atoms with Crippen molar-refractivity contribution in [3.8, 4) is 0 Å². The summed E-state index contributed by atoms with van der Waals surface area (Å²) in [6.45, 7) is 9.68. The number of para-hydroxylation sites is 1. The maximum atomic E-state index is 11.4. The number of carbonyl (C=O) groups excluding carboxylic acids is 1. The van der Waals surface area contributed by atoms with Crippen molar-refractivity contribution < 1.29 is 9.53 Å². The predicted molar refractivity (Wildman–Crippen MR) is 102 cm³/mol. The second-order valence-electron chi connectivity index (χ2n) is 5.95. The molecule has 1 aromatic rings. The van der Waals surface area contributed by atoms with E-state index in [1.54, 1.807) is 0 Å². The van der Waals surface area contributed by atoms with Gasteiger partial charge in [-0.25, -0.2) is 0 Å². The van der Waals surface area contributed by atoms with Crippen molar-refractivity contribution in [2.45, 2.75) is 26.7 Å². The first-order valence-corrected chi connectivity index (χ1v) is 9.23. The third kappa shape index (κ3) is 6.29. The van der Waals surface area contributed by atoms with Crippen LogP contribution in [0, 0.1) is 0 Å². The second kappa shape index (κ2) is 10.6. The van der Waals surface area contributed by atoms with E-state index in [-0.39, 0.29) is 5.97 Å². The number of aliphatic imine (C=N–C) groups is 1. The monoisotopic (exact) mass is 346 g/mol. The van der Waals surface area contributed by atoms with E-state index in [9.17, 15) is 4.79 Å². The van der Waals surface area contributed by atoms with Crippen LogP contribution in [0.25, 0.3) is 0 Å². The molecule has 1 fully saturated rings. The normalized spacial score (nSPS) is 15.2. The molecule has 1 saturated heterocycles. The summed E-state index contributed by atoms with van der Waals surface area (Å²) in [6, 6.07) is 10.5. The molecule has 25 heavy (non-hydrogen) atoms. The lowest BCUT2D eigenvalue weighted by atomic mass is 10.2. The van der Waals surface area contributed by atoms with E-state index in [2.05, 4.69) is 51.3 Å². The fourth-order valence-electron chi connectivity index (χ4n) is 2.88. The summed E-state index contributed by atoms with van der Waals surface area (Å²) in [7, 11) is 0. The van der Waals surface area contributed by atoms with Gasteiger partial charge in [0.2, 0.25) is 0 Å². The highest BCUT2D eigenvalue weighted by Gasteiger charge is 2.19. The smallest absolute Gasteiger partial charge is 0.305 e. The Morgan fingerprint density at radius 2 is 1.88 bits per heavy atom. The Morgan fingerprint density at radius 3 is 2.52 bits per heavy atom. The average Bonchev–Trinajstić information content (AvgIpc) is 2.65. The standard InChI is InChI=1S/C19H30N4O2/c1-3-20-19(21-12-8-11-18(24)25-4-2)23-15-13-22(14-16-23)17-9-6-5-7-10-17/h5-7,9-10H,3-4,8,11-16H2,1-2H3,(H,20,21). The molecule has 0 atom stereocenters.